The van der Waals surface area contributed by atoms with Crippen molar-refractivity contribution >= 4 is 5.69 Å². The SMILES string of the molecule is CCN(CC)c1ccc(C(CN)N(C)C)cc1. The molecule has 3 heteroatoms. The highest BCUT2D eigenvalue weighted by Crippen LogP contribution is 2.21. The molecular weight excluding hydrogens is 210 g/mol. The molecule has 17 heavy (non-hydrogen) atoms. The van der Waals surface area contributed by atoms with Gasteiger partial charge in [-0.15, -0.1) is 0 Å². The van der Waals surface area contributed by atoms with Crippen molar-refractivity contribution in [1.29, 1.82) is 0 Å². The van der Waals surface area contributed by atoms with Crippen LogP contribution in [0.5, 0.6) is 0 Å². The molecule has 3 nitrogen and oxygen atoms in total. The molecule has 0 aliphatic heterocycles. The molecule has 0 fully saturated rings. The summed E-state index contributed by atoms with van der Waals surface area (Å²) in [4.78, 5) is 4.50. The minimum Gasteiger partial charge on any atom is -0.372 e. The molecule has 2 N–H and O–H groups in total. The molecule has 0 saturated carbocycles. The molecule has 1 aromatic carbocycles. The third-order valence-electron chi connectivity index (χ3n) is 3.25. The second kappa shape index (κ2) is 6.62. The Balaban J connectivity index is 2.86. The van der Waals surface area contributed by atoms with E-state index >= 15 is 0 Å². The first-order valence-corrected chi connectivity index (χ1v) is 6.35. The summed E-state index contributed by atoms with van der Waals surface area (Å²) < 4.78 is 0. The average Bonchev–Trinajstić information content (AvgIpc) is 2.33. The summed E-state index contributed by atoms with van der Waals surface area (Å²) in [5, 5.41) is 0. The van der Waals surface area contributed by atoms with Gasteiger partial charge < -0.3 is 15.5 Å². The Labute approximate surface area is 105 Å². The van der Waals surface area contributed by atoms with E-state index in [-0.39, 0.29) is 0 Å². The van der Waals surface area contributed by atoms with Gasteiger partial charge in [0, 0.05) is 31.4 Å². The molecule has 96 valence electrons. The summed E-state index contributed by atoms with van der Waals surface area (Å²) in [6.45, 7) is 7.10. The summed E-state index contributed by atoms with van der Waals surface area (Å²) in [5.41, 5.74) is 8.37. The van der Waals surface area contributed by atoms with E-state index in [0.717, 1.165) is 13.1 Å². The number of benzene rings is 1. The lowest BCUT2D eigenvalue weighted by Crippen LogP contribution is -2.27. The van der Waals surface area contributed by atoms with Crippen LogP contribution in [0.3, 0.4) is 0 Å². The van der Waals surface area contributed by atoms with Gasteiger partial charge in [0.2, 0.25) is 0 Å². The zero-order valence-corrected chi connectivity index (χ0v) is 11.5. The monoisotopic (exact) mass is 235 g/mol. The number of hydrogen-bond donors (Lipinski definition) is 1. The second-order valence-corrected chi connectivity index (χ2v) is 4.48. The highest BCUT2D eigenvalue weighted by molar-refractivity contribution is 5.47. The van der Waals surface area contributed by atoms with Gasteiger partial charge >= 0.3 is 0 Å². The van der Waals surface area contributed by atoms with Crippen molar-refractivity contribution in [2.45, 2.75) is 19.9 Å². The van der Waals surface area contributed by atoms with Gasteiger partial charge in [-0.05, 0) is 45.6 Å². The smallest absolute Gasteiger partial charge is 0.0464 e. The molecule has 1 aromatic rings. The molecule has 0 spiro atoms. The number of nitrogens with zero attached hydrogens (tertiary/aromatic N) is 2. The van der Waals surface area contributed by atoms with Crippen LogP contribution in [0.1, 0.15) is 25.5 Å². The van der Waals surface area contributed by atoms with Crippen LogP contribution < -0.4 is 10.6 Å². The molecular formula is C14H25N3. The number of hydrogen-bond acceptors (Lipinski definition) is 3. The first-order chi connectivity index (χ1) is 8.13. The van der Waals surface area contributed by atoms with Gasteiger partial charge in [0.25, 0.3) is 0 Å². The lowest BCUT2D eigenvalue weighted by Gasteiger charge is -2.25. The lowest BCUT2D eigenvalue weighted by molar-refractivity contribution is 0.306. The van der Waals surface area contributed by atoms with Gasteiger partial charge in [0.1, 0.15) is 0 Å². The lowest BCUT2D eigenvalue weighted by atomic mass is 10.1. The van der Waals surface area contributed by atoms with Crippen LogP contribution >= 0.6 is 0 Å². The Hall–Kier alpha value is -1.06. The second-order valence-electron chi connectivity index (χ2n) is 4.48. The number of rotatable bonds is 6. The Morgan fingerprint density at radius 1 is 1.06 bits per heavy atom. The normalized spacial score (nSPS) is 12.8. The maximum absolute atomic E-state index is 5.80. The maximum atomic E-state index is 5.80. The zero-order chi connectivity index (χ0) is 12.8. The molecule has 0 heterocycles. The van der Waals surface area contributed by atoms with E-state index in [2.05, 4.69) is 62.0 Å². The third-order valence-corrected chi connectivity index (χ3v) is 3.25. The van der Waals surface area contributed by atoms with Crippen LogP contribution in [0.4, 0.5) is 5.69 Å². The van der Waals surface area contributed by atoms with Crippen molar-refractivity contribution in [3.05, 3.63) is 29.8 Å². The van der Waals surface area contributed by atoms with E-state index in [1.54, 1.807) is 0 Å². The highest BCUT2D eigenvalue weighted by Gasteiger charge is 2.12. The van der Waals surface area contributed by atoms with Gasteiger partial charge in [-0.3, -0.25) is 0 Å². The van der Waals surface area contributed by atoms with Crippen LogP contribution in [0.2, 0.25) is 0 Å². The predicted octanol–water partition coefficient (Wildman–Crippen LogP) is 2.09. The minimum absolute atomic E-state index is 0.306. The topological polar surface area (TPSA) is 32.5 Å². The molecule has 0 saturated heterocycles. The molecule has 0 radical (unpaired) electrons. The van der Waals surface area contributed by atoms with Crippen LogP contribution in [-0.2, 0) is 0 Å². The fourth-order valence-electron chi connectivity index (χ4n) is 2.14. The molecule has 0 aliphatic rings. The van der Waals surface area contributed by atoms with Crippen LogP contribution in [0.15, 0.2) is 24.3 Å². The molecule has 0 amide bonds. The van der Waals surface area contributed by atoms with E-state index in [1.165, 1.54) is 11.3 Å². The highest BCUT2D eigenvalue weighted by atomic mass is 15.1. The fraction of sp³-hybridized carbons (Fsp3) is 0.571. The van der Waals surface area contributed by atoms with Crippen molar-refractivity contribution in [3.63, 3.8) is 0 Å². The van der Waals surface area contributed by atoms with Gasteiger partial charge in [-0.1, -0.05) is 12.1 Å². The number of nitrogens with two attached hydrogens (primary N) is 1. The molecule has 1 rings (SSSR count). The Kier molecular flexibility index (Phi) is 5.45. The zero-order valence-electron chi connectivity index (χ0n) is 11.5. The van der Waals surface area contributed by atoms with Crippen LogP contribution in [-0.4, -0.2) is 38.6 Å². The predicted molar refractivity (Wildman–Crippen MR) is 75.5 cm³/mol. The van der Waals surface area contributed by atoms with E-state index in [1.807, 2.05) is 0 Å². The van der Waals surface area contributed by atoms with Crippen molar-refractivity contribution in [3.8, 4) is 0 Å². The van der Waals surface area contributed by atoms with Crippen molar-refractivity contribution in [2.24, 2.45) is 5.73 Å². The molecule has 0 bridgehead atoms. The Bertz CT molecular complexity index is 315. The largest absolute Gasteiger partial charge is 0.372 e. The first kappa shape index (κ1) is 14.0. The molecule has 1 atom stereocenters. The van der Waals surface area contributed by atoms with Crippen molar-refractivity contribution in [2.75, 3.05) is 38.6 Å². The maximum Gasteiger partial charge on any atom is 0.0464 e. The quantitative estimate of drug-likeness (QED) is 0.819. The molecule has 0 aliphatic carbocycles. The van der Waals surface area contributed by atoms with Gasteiger partial charge in [-0.25, -0.2) is 0 Å². The third kappa shape index (κ3) is 3.45. The van der Waals surface area contributed by atoms with E-state index in [0.29, 0.717) is 12.6 Å². The van der Waals surface area contributed by atoms with Gasteiger partial charge in [0.15, 0.2) is 0 Å². The average molecular weight is 235 g/mol. The number of anilines is 1. The summed E-state index contributed by atoms with van der Waals surface area (Å²) in [6, 6.07) is 9.06. The summed E-state index contributed by atoms with van der Waals surface area (Å²) in [7, 11) is 4.13. The minimum atomic E-state index is 0.306. The standard InChI is InChI=1S/C14H25N3/c1-5-17(6-2)13-9-7-12(8-10-13)14(11-15)16(3)4/h7-10,14H,5-6,11,15H2,1-4H3. The first-order valence-electron chi connectivity index (χ1n) is 6.35. The number of likely N-dealkylation sites (N-methyl/N-ethyl adjacent to an activating group) is 1. The summed E-state index contributed by atoms with van der Waals surface area (Å²) >= 11 is 0. The van der Waals surface area contributed by atoms with Crippen LogP contribution in [0, 0.1) is 0 Å². The van der Waals surface area contributed by atoms with E-state index < -0.39 is 0 Å². The summed E-state index contributed by atoms with van der Waals surface area (Å²) in [5.74, 6) is 0. The van der Waals surface area contributed by atoms with Crippen molar-refractivity contribution < 1.29 is 0 Å². The molecule has 0 aromatic heterocycles. The summed E-state index contributed by atoms with van der Waals surface area (Å²) in [6.07, 6.45) is 0. The van der Waals surface area contributed by atoms with Crippen LogP contribution in [0.25, 0.3) is 0 Å². The van der Waals surface area contributed by atoms with Crippen molar-refractivity contribution in [1.82, 2.24) is 4.90 Å². The van der Waals surface area contributed by atoms with Gasteiger partial charge in [0.05, 0.1) is 0 Å². The Morgan fingerprint density at radius 3 is 1.94 bits per heavy atom. The van der Waals surface area contributed by atoms with E-state index in [9.17, 15) is 0 Å². The van der Waals surface area contributed by atoms with E-state index in [4.69, 9.17) is 5.73 Å². The fourth-order valence-corrected chi connectivity index (χ4v) is 2.14. The molecule has 1 unspecified atom stereocenters. The van der Waals surface area contributed by atoms with Gasteiger partial charge in [-0.2, -0.15) is 0 Å². The Morgan fingerprint density at radius 2 is 1.59 bits per heavy atom.